The maximum Gasteiger partial charge on any atom is 0.330 e. The molecule has 2 rings (SSSR count). The zero-order valence-electron chi connectivity index (χ0n) is 16.7. The number of nitrogens with one attached hydrogen (secondary N) is 1. The minimum absolute atomic E-state index is 0.0187. The summed E-state index contributed by atoms with van der Waals surface area (Å²) in [4.78, 5) is 41.3. The maximum atomic E-state index is 13.1. The van der Waals surface area contributed by atoms with Gasteiger partial charge >= 0.3 is 5.69 Å². The predicted molar refractivity (Wildman–Crippen MR) is 108 cm³/mol. The van der Waals surface area contributed by atoms with Gasteiger partial charge in [0.05, 0.1) is 6.42 Å². The van der Waals surface area contributed by atoms with Crippen molar-refractivity contribution in [3.8, 4) is 0 Å². The van der Waals surface area contributed by atoms with E-state index >= 15 is 0 Å². The fourth-order valence-corrected chi connectivity index (χ4v) is 2.94. The number of rotatable bonds is 7. The molecular formula is C20H27FN4O3. The van der Waals surface area contributed by atoms with E-state index in [1.165, 1.54) is 33.7 Å². The Kier molecular flexibility index (Phi) is 6.77. The van der Waals surface area contributed by atoms with Crippen LogP contribution in [0, 0.1) is 17.7 Å². The van der Waals surface area contributed by atoms with Crippen LogP contribution >= 0.6 is 0 Å². The van der Waals surface area contributed by atoms with Gasteiger partial charge in [-0.3, -0.25) is 19.1 Å². The Morgan fingerprint density at radius 1 is 1.14 bits per heavy atom. The number of H-pyrrole nitrogens is 1. The van der Waals surface area contributed by atoms with Gasteiger partial charge in [0.1, 0.15) is 11.6 Å². The molecule has 1 aromatic carbocycles. The lowest BCUT2D eigenvalue weighted by Gasteiger charge is -2.26. The molecule has 0 aliphatic carbocycles. The molecule has 3 N–H and O–H groups in total. The predicted octanol–water partition coefficient (Wildman–Crippen LogP) is 2.15. The molecule has 0 saturated heterocycles. The summed E-state index contributed by atoms with van der Waals surface area (Å²) in [6.45, 7) is 8.23. The quantitative estimate of drug-likeness (QED) is 0.756. The first-order valence-electron chi connectivity index (χ1n) is 9.27. The van der Waals surface area contributed by atoms with Crippen LogP contribution in [0.25, 0.3) is 0 Å². The molecule has 8 heteroatoms. The maximum absolute atomic E-state index is 13.1. The van der Waals surface area contributed by atoms with Crippen molar-refractivity contribution in [3.05, 3.63) is 56.5 Å². The van der Waals surface area contributed by atoms with Crippen LogP contribution < -0.4 is 21.9 Å². The van der Waals surface area contributed by atoms with E-state index in [1.807, 2.05) is 27.7 Å². The van der Waals surface area contributed by atoms with Gasteiger partial charge in [-0.25, -0.2) is 9.18 Å². The Hall–Kier alpha value is -2.90. The summed E-state index contributed by atoms with van der Waals surface area (Å²) in [5, 5.41) is 0. The molecule has 2 aromatic rings. The number of halogens is 1. The number of nitrogens with two attached hydrogens (primary N) is 1. The number of aromatic nitrogens is 2. The number of hydrogen-bond donors (Lipinski definition) is 2. The normalized spacial score (nSPS) is 11.2. The summed E-state index contributed by atoms with van der Waals surface area (Å²) in [6, 6.07) is 5.60. The smallest absolute Gasteiger partial charge is 0.330 e. The van der Waals surface area contributed by atoms with Gasteiger partial charge in [-0.05, 0) is 29.5 Å². The van der Waals surface area contributed by atoms with Gasteiger partial charge in [0.15, 0.2) is 5.69 Å². The van der Waals surface area contributed by atoms with Crippen molar-refractivity contribution in [1.82, 2.24) is 9.55 Å². The summed E-state index contributed by atoms with van der Waals surface area (Å²) in [6.07, 6.45) is -0.0187. The van der Waals surface area contributed by atoms with E-state index in [0.29, 0.717) is 12.1 Å². The third-order valence-electron chi connectivity index (χ3n) is 4.15. The largest absolute Gasteiger partial charge is 0.383 e. The van der Waals surface area contributed by atoms with Crippen LogP contribution in [-0.4, -0.2) is 22.0 Å². The number of hydrogen-bond acceptors (Lipinski definition) is 4. The number of anilines is 2. The van der Waals surface area contributed by atoms with Crippen molar-refractivity contribution in [1.29, 1.82) is 0 Å². The van der Waals surface area contributed by atoms with Crippen molar-refractivity contribution in [2.75, 3.05) is 17.2 Å². The van der Waals surface area contributed by atoms with E-state index in [2.05, 4.69) is 4.98 Å². The minimum atomic E-state index is -0.699. The van der Waals surface area contributed by atoms with E-state index in [-0.39, 0.29) is 42.2 Å². The van der Waals surface area contributed by atoms with Crippen LogP contribution in [0.4, 0.5) is 15.9 Å². The van der Waals surface area contributed by atoms with E-state index < -0.39 is 17.1 Å². The summed E-state index contributed by atoms with van der Waals surface area (Å²) in [7, 11) is 0. The van der Waals surface area contributed by atoms with E-state index in [0.717, 1.165) is 0 Å². The van der Waals surface area contributed by atoms with Crippen molar-refractivity contribution in [2.24, 2.45) is 11.8 Å². The third-order valence-corrected chi connectivity index (χ3v) is 4.15. The second-order valence-corrected chi connectivity index (χ2v) is 7.70. The highest BCUT2D eigenvalue weighted by molar-refractivity contribution is 5.96. The zero-order valence-corrected chi connectivity index (χ0v) is 16.7. The van der Waals surface area contributed by atoms with Gasteiger partial charge in [0.2, 0.25) is 5.91 Å². The van der Waals surface area contributed by atoms with Crippen LogP contribution in [0.5, 0.6) is 0 Å². The monoisotopic (exact) mass is 390 g/mol. The lowest BCUT2D eigenvalue weighted by molar-refractivity contribution is -0.118. The molecular weight excluding hydrogens is 363 g/mol. The first-order valence-corrected chi connectivity index (χ1v) is 9.27. The van der Waals surface area contributed by atoms with E-state index in [9.17, 15) is 18.8 Å². The molecule has 28 heavy (non-hydrogen) atoms. The van der Waals surface area contributed by atoms with Crippen molar-refractivity contribution in [2.45, 2.75) is 40.7 Å². The SMILES string of the molecule is CC(C)CN(C(=O)Cc1ccc(F)cc1)c1c(N)n(CC(C)C)c(=O)[nH]c1=O. The van der Waals surface area contributed by atoms with Gasteiger partial charge in [-0.15, -0.1) is 0 Å². The van der Waals surface area contributed by atoms with Gasteiger partial charge in [-0.1, -0.05) is 39.8 Å². The molecule has 1 aromatic heterocycles. The van der Waals surface area contributed by atoms with Crippen LogP contribution in [0.1, 0.15) is 33.3 Å². The molecule has 0 unspecified atom stereocenters. The number of nitrogens with zero attached hydrogens (tertiary/aromatic N) is 2. The number of aromatic amines is 1. The van der Waals surface area contributed by atoms with Crippen LogP contribution in [0.2, 0.25) is 0 Å². The summed E-state index contributed by atoms with van der Waals surface area (Å²) >= 11 is 0. The van der Waals surface area contributed by atoms with Crippen LogP contribution in [0.3, 0.4) is 0 Å². The van der Waals surface area contributed by atoms with Gasteiger partial charge in [-0.2, -0.15) is 0 Å². The standard InChI is InChI=1S/C20H27FN4O3/c1-12(2)10-24(16(26)9-14-5-7-15(21)8-6-14)17-18(22)25(11-13(3)4)20(28)23-19(17)27/h5-8,12-13H,9-11,22H2,1-4H3,(H,23,27,28). The Bertz CT molecular complexity index is 945. The van der Waals surface area contributed by atoms with E-state index in [4.69, 9.17) is 5.73 Å². The molecule has 0 spiro atoms. The molecule has 0 bridgehead atoms. The number of carbonyl (C=O) groups excluding carboxylic acids is 1. The molecule has 152 valence electrons. The molecule has 0 atom stereocenters. The number of amides is 1. The molecule has 0 saturated carbocycles. The lowest BCUT2D eigenvalue weighted by atomic mass is 10.1. The van der Waals surface area contributed by atoms with E-state index in [1.54, 1.807) is 0 Å². The molecule has 0 aliphatic heterocycles. The fourth-order valence-electron chi connectivity index (χ4n) is 2.94. The highest BCUT2D eigenvalue weighted by atomic mass is 19.1. The van der Waals surface area contributed by atoms with Crippen molar-refractivity contribution in [3.63, 3.8) is 0 Å². The molecule has 7 nitrogen and oxygen atoms in total. The fraction of sp³-hybridized carbons (Fsp3) is 0.450. The van der Waals surface area contributed by atoms with Crippen LogP contribution in [-0.2, 0) is 17.8 Å². The third kappa shape index (κ3) is 5.09. The molecule has 0 aliphatic rings. The summed E-state index contributed by atoms with van der Waals surface area (Å²) in [5.41, 5.74) is 5.45. The summed E-state index contributed by atoms with van der Waals surface area (Å²) in [5.74, 6) is -0.604. The van der Waals surface area contributed by atoms with Crippen molar-refractivity contribution >= 4 is 17.4 Å². The molecule has 0 radical (unpaired) electrons. The number of benzene rings is 1. The first kappa shape index (κ1) is 21.4. The van der Waals surface area contributed by atoms with Gasteiger partial charge < -0.3 is 10.6 Å². The Balaban J connectivity index is 2.50. The first-order chi connectivity index (χ1) is 13.1. The Morgan fingerprint density at radius 3 is 2.29 bits per heavy atom. The topological polar surface area (TPSA) is 101 Å². The highest BCUT2D eigenvalue weighted by Crippen LogP contribution is 2.20. The van der Waals surface area contributed by atoms with Crippen molar-refractivity contribution < 1.29 is 9.18 Å². The Labute approximate surface area is 163 Å². The number of nitrogen functional groups attached to an aromatic ring is 1. The second kappa shape index (κ2) is 8.86. The van der Waals surface area contributed by atoms with Crippen LogP contribution in [0.15, 0.2) is 33.9 Å². The molecule has 0 fully saturated rings. The van der Waals surface area contributed by atoms with Gasteiger partial charge in [0.25, 0.3) is 5.56 Å². The highest BCUT2D eigenvalue weighted by Gasteiger charge is 2.25. The average molecular weight is 390 g/mol. The minimum Gasteiger partial charge on any atom is -0.383 e. The Morgan fingerprint density at radius 2 is 1.75 bits per heavy atom. The van der Waals surface area contributed by atoms with Gasteiger partial charge in [0, 0.05) is 13.1 Å². The zero-order chi connectivity index (χ0) is 21.0. The molecule has 1 heterocycles. The number of carbonyl (C=O) groups is 1. The second-order valence-electron chi connectivity index (χ2n) is 7.70. The molecule has 1 amide bonds. The summed E-state index contributed by atoms with van der Waals surface area (Å²) < 4.78 is 14.4. The average Bonchev–Trinajstić information content (AvgIpc) is 2.59. The lowest BCUT2D eigenvalue weighted by Crippen LogP contribution is -2.43.